The monoisotopic (exact) mass is 307 g/mol. The van der Waals surface area contributed by atoms with Gasteiger partial charge in [0.15, 0.2) is 5.13 Å². The van der Waals surface area contributed by atoms with Crippen LogP contribution in [0.2, 0.25) is 0 Å². The molecule has 0 spiro atoms. The molecule has 1 heterocycles. The molecule has 0 saturated heterocycles. The van der Waals surface area contributed by atoms with Crippen LogP contribution in [0.15, 0.2) is 0 Å². The molecule has 1 atom stereocenters. The van der Waals surface area contributed by atoms with Crippen molar-refractivity contribution in [3.63, 3.8) is 0 Å². The van der Waals surface area contributed by atoms with E-state index in [1.165, 1.54) is 73.6 Å². The highest BCUT2D eigenvalue weighted by Gasteiger charge is 2.32. The Labute approximate surface area is 133 Å². The minimum atomic E-state index is 0.562. The number of aryl methyl sites for hydroxylation is 1. The largest absolute Gasteiger partial charge is 0.345 e. The molecule has 0 radical (unpaired) electrons. The first kappa shape index (κ1) is 15.3. The number of hydrogen-bond donors (Lipinski definition) is 1. The standard InChI is InChI=1S/C17H29N3S/c1-3-5-12-20(13-9-10-13)17-19-15-8-6-7-14(16(15)21-17)18-11-4-2/h13-14,18H,3-12H2,1-2H3. The Morgan fingerprint density at radius 3 is 2.81 bits per heavy atom. The zero-order valence-corrected chi connectivity index (χ0v) is 14.3. The fraction of sp³-hybridized carbons (Fsp3) is 0.824. The van der Waals surface area contributed by atoms with Gasteiger partial charge in [0, 0.05) is 23.5 Å². The lowest BCUT2D eigenvalue weighted by Gasteiger charge is -2.22. The molecule has 1 saturated carbocycles. The van der Waals surface area contributed by atoms with E-state index in [4.69, 9.17) is 4.98 Å². The Hall–Kier alpha value is -0.610. The number of anilines is 1. The van der Waals surface area contributed by atoms with E-state index in [1.54, 1.807) is 0 Å². The van der Waals surface area contributed by atoms with E-state index in [0.29, 0.717) is 6.04 Å². The maximum Gasteiger partial charge on any atom is 0.186 e. The number of aromatic nitrogens is 1. The molecule has 118 valence electrons. The van der Waals surface area contributed by atoms with Crippen LogP contribution in [0.3, 0.4) is 0 Å². The predicted molar refractivity (Wildman–Crippen MR) is 91.4 cm³/mol. The van der Waals surface area contributed by atoms with Crippen molar-refractivity contribution in [1.82, 2.24) is 10.3 Å². The minimum absolute atomic E-state index is 0.562. The highest BCUT2D eigenvalue weighted by molar-refractivity contribution is 7.15. The van der Waals surface area contributed by atoms with Crippen LogP contribution in [0, 0.1) is 0 Å². The van der Waals surface area contributed by atoms with Gasteiger partial charge in [0.25, 0.3) is 0 Å². The van der Waals surface area contributed by atoms with Crippen molar-refractivity contribution in [2.24, 2.45) is 0 Å². The third-order valence-electron chi connectivity index (χ3n) is 4.57. The molecular weight excluding hydrogens is 278 g/mol. The fourth-order valence-electron chi connectivity index (χ4n) is 3.19. The Balaban J connectivity index is 1.76. The minimum Gasteiger partial charge on any atom is -0.345 e. The van der Waals surface area contributed by atoms with Crippen molar-refractivity contribution in [1.29, 1.82) is 0 Å². The summed E-state index contributed by atoms with van der Waals surface area (Å²) in [7, 11) is 0. The van der Waals surface area contributed by atoms with Gasteiger partial charge in [-0.25, -0.2) is 4.98 Å². The van der Waals surface area contributed by atoms with Crippen molar-refractivity contribution >= 4 is 16.5 Å². The summed E-state index contributed by atoms with van der Waals surface area (Å²) in [6.07, 6.45) is 10.3. The number of thiazole rings is 1. The van der Waals surface area contributed by atoms with E-state index in [9.17, 15) is 0 Å². The molecule has 2 aliphatic carbocycles. The average molecular weight is 308 g/mol. The van der Waals surface area contributed by atoms with Crippen LogP contribution in [-0.2, 0) is 6.42 Å². The van der Waals surface area contributed by atoms with Crippen molar-refractivity contribution in [3.8, 4) is 0 Å². The van der Waals surface area contributed by atoms with Crippen LogP contribution in [-0.4, -0.2) is 24.1 Å². The van der Waals surface area contributed by atoms with Crippen LogP contribution in [0.25, 0.3) is 0 Å². The lowest BCUT2D eigenvalue weighted by Crippen LogP contribution is -2.26. The molecular formula is C17H29N3S. The smallest absolute Gasteiger partial charge is 0.186 e. The van der Waals surface area contributed by atoms with E-state index in [1.807, 2.05) is 11.3 Å². The summed E-state index contributed by atoms with van der Waals surface area (Å²) >= 11 is 1.97. The van der Waals surface area contributed by atoms with E-state index < -0.39 is 0 Å². The molecule has 1 N–H and O–H groups in total. The number of unbranched alkanes of at least 4 members (excludes halogenated alkanes) is 1. The number of nitrogens with one attached hydrogen (secondary N) is 1. The first-order chi connectivity index (χ1) is 10.3. The fourth-order valence-corrected chi connectivity index (χ4v) is 4.51. The second kappa shape index (κ2) is 7.10. The van der Waals surface area contributed by atoms with Gasteiger partial charge in [-0.1, -0.05) is 31.6 Å². The molecule has 3 rings (SSSR count). The van der Waals surface area contributed by atoms with Gasteiger partial charge in [0.05, 0.1) is 5.69 Å². The summed E-state index contributed by atoms with van der Waals surface area (Å²) in [5.74, 6) is 0. The quantitative estimate of drug-likeness (QED) is 0.776. The Morgan fingerprint density at radius 1 is 1.24 bits per heavy atom. The first-order valence-corrected chi connectivity index (χ1v) is 9.64. The van der Waals surface area contributed by atoms with Crippen molar-refractivity contribution < 1.29 is 0 Å². The normalized spacial score (nSPS) is 21.3. The third-order valence-corrected chi connectivity index (χ3v) is 5.81. The van der Waals surface area contributed by atoms with E-state index in [2.05, 4.69) is 24.1 Å². The van der Waals surface area contributed by atoms with Gasteiger partial charge in [0.2, 0.25) is 0 Å². The van der Waals surface area contributed by atoms with Gasteiger partial charge in [-0.2, -0.15) is 0 Å². The molecule has 0 bridgehead atoms. The van der Waals surface area contributed by atoms with E-state index in [0.717, 1.165) is 12.6 Å². The maximum absolute atomic E-state index is 5.03. The van der Waals surface area contributed by atoms with Crippen LogP contribution in [0.5, 0.6) is 0 Å². The van der Waals surface area contributed by atoms with Gasteiger partial charge < -0.3 is 10.2 Å². The summed E-state index contributed by atoms with van der Waals surface area (Å²) in [6, 6.07) is 1.35. The van der Waals surface area contributed by atoms with Gasteiger partial charge in [-0.05, 0) is 51.5 Å². The highest BCUT2D eigenvalue weighted by Crippen LogP contribution is 2.40. The Morgan fingerprint density at radius 2 is 2.10 bits per heavy atom. The summed E-state index contributed by atoms with van der Waals surface area (Å²) < 4.78 is 0. The number of hydrogen-bond acceptors (Lipinski definition) is 4. The summed E-state index contributed by atoms with van der Waals surface area (Å²) in [5.41, 5.74) is 1.39. The average Bonchev–Trinajstić information content (AvgIpc) is 3.24. The third kappa shape index (κ3) is 3.59. The highest BCUT2D eigenvalue weighted by atomic mass is 32.1. The van der Waals surface area contributed by atoms with Gasteiger partial charge in [-0.15, -0.1) is 0 Å². The molecule has 0 amide bonds. The lowest BCUT2D eigenvalue weighted by molar-refractivity contribution is 0.464. The zero-order chi connectivity index (χ0) is 14.7. The maximum atomic E-state index is 5.03. The van der Waals surface area contributed by atoms with Crippen molar-refractivity contribution in [3.05, 3.63) is 10.6 Å². The summed E-state index contributed by atoms with van der Waals surface area (Å²) in [5, 5.41) is 5.03. The second-order valence-electron chi connectivity index (χ2n) is 6.48. The molecule has 1 aromatic rings. The lowest BCUT2D eigenvalue weighted by atomic mass is 9.98. The molecule has 1 aromatic heterocycles. The van der Waals surface area contributed by atoms with Crippen LogP contribution >= 0.6 is 11.3 Å². The molecule has 2 aliphatic rings. The summed E-state index contributed by atoms with van der Waals surface area (Å²) in [4.78, 5) is 9.16. The number of fused-ring (bicyclic) bond motifs is 1. The second-order valence-corrected chi connectivity index (χ2v) is 7.49. The van der Waals surface area contributed by atoms with E-state index in [-0.39, 0.29) is 0 Å². The predicted octanol–water partition coefficient (Wildman–Crippen LogP) is 4.29. The van der Waals surface area contributed by atoms with Crippen LogP contribution in [0.4, 0.5) is 5.13 Å². The molecule has 1 fully saturated rings. The van der Waals surface area contributed by atoms with Crippen LogP contribution in [0.1, 0.15) is 75.4 Å². The molecule has 0 aliphatic heterocycles. The SMILES string of the molecule is CCCCN(c1nc2c(s1)C(NCCC)CCC2)C1CC1. The number of nitrogens with zero attached hydrogens (tertiary/aromatic N) is 2. The van der Waals surface area contributed by atoms with Gasteiger partial charge >= 0.3 is 0 Å². The summed E-state index contributed by atoms with van der Waals surface area (Å²) in [6.45, 7) is 6.84. The van der Waals surface area contributed by atoms with Crippen molar-refractivity contribution in [2.75, 3.05) is 18.0 Å². The molecule has 4 heteroatoms. The molecule has 1 unspecified atom stereocenters. The number of rotatable bonds is 8. The molecule has 3 nitrogen and oxygen atoms in total. The molecule has 21 heavy (non-hydrogen) atoms. The van der Waals surface area contributed by atoms with Crippen molar-refractivity contribution in [2.45, 2.75) is 77.3 Å². The topological polar surface area (TPSA) is 28.2 Å². The molecule has 0 aromatic carbocycles. The Kier molecular flexibility index (Phi) is 5.17. The zero-order valence-electron chi connectivity index (χ0n) is 13.5. The first-order valence-electron chi connectivity index (χ1n) is 8.83. The van der Waals surface area contributed by atoms with Gasteiger partial charge in [0.1, 0.15) is 0 Å². The van der Waals surface area contributed by atoms with E-state index >= 15 is 0 Å². The van der Waals surface area contributed by atoms with Crippen LogP contribution < -0.4 is 10.2 Å². The van der Waals surface area contributed by atoms with Gasteiger partial charge in [-0.3, -0.25) is 0 Å². The Bertz CT molecular complexity index is 453.